The van der Waals surface area contributed by atoms with Gasteiger partial charge in [-0.05, 0) is 73.9 Å². The van der Waals surface area contributed by atoms with Crippen LogP contribution in [0.15, 0.2) is 42.5 Å². The van der Waals surface area contributed by atoms with Crippen molar-refractivity contribution in [2.24, 2.45) is 0 Å². The Morgan fingerprint density at radius 2 is 1.79 bits per heavy atom. The van der Waals surface area contributed by atoms with E-state index in [0.29, 0.717) is 0 Å². The molecule has 0 atom stereocenters. The Labute approximate surface area is 170 Å². The van der Waals surface area contributed by atoms with Gasteiger partial charge in [0.15, 0.2) is 0 Å². The number of benzene rings is 2. The molecule has 29 heavy (non-hydrogen) atoms. The molecule has 0 bridgehead atoms. The fourth-order valence-corrected chi connectivity index (χ4v) is 4.39. The molecular weight excluding hydrogens is 363 g/mol. The van der Waals surface area contributed by atoms with Gasteiger partial charge in [-0.1, -0.05) is 24.3 Å². The zero-order valence-electron chi connectivity index (χ0n) is 16.7. The summed E-state index contributed by atoms with van der Waals surface area (Å²) >= 11 is 0. The topological polar surface area (TPSA) is 41.1 Å². The van der Waals surface area contributed by atoms with Crippen molar-refractivity contribution in [3.05, 3.63) is 76.2 Å². The molecule has 1 aliphatic heterocycles. The Hall–Kier alpha value is -2.95. The van der Waals surface area contributed by atoms with Crippen molar-refractivity contribution in [3.8, 4) is 0 Å². The van der Waals surface area contributed by atoms with Gasteiger partial charge in [-0.15, -0.1) is 0 Å². The molecule has 0 unspecified atom stereocenters. The van der Waals surface area contributed by atoms with E-state index in [0.717, 1.165) is 67.5 Å². The number of halogens is 1. The van der Waals surface area contributed by atoms with Gasteiger partial charge in [-0.25, -0.2) is 9.37 Å². The minimum absolute atomic E-state index is 0.217. The van der Waals surface area contributed by atoms with Crippen molar-refractivity contribution in [1.82, 2.24) is 9.97 Å². The molecule has 1 aliphatic carbocycles. The van der Waals surface area contributed by atoms with Crippen LogP contribution >= 0.6 is 0 Å². The Bertz CT molecular complexity index is 1060. The maximum absolute atomic E-state index is 13.5. The van der Waals surface area contributed by atoms with E-state index in [1.165, 1.54) is 29.2 Å². The summed E-state index contributed by atoms with van der Waals surface area (Å²) in [6, 6.07) is 13.5. The van der Waals surface area contributed by atoms with Gasteiger partial charge in [-0.2, -0.15) is 4.98 Å². The number of anilines is 3. The molecule has 0 saturated carbocycles. The van der Waals surface area contributed by atoms with E-state index in [-0.39, 0.29) is 5.82 Å². The lowest BCUT2D eigenvalue weighted by Crippen LogP contribution is -2.32. The molecule has 5 rings (SSSR count). The molecule has 0 saturated heterocycles. The van der Waals surface area contributed by atoms with E-state index >= 15 is 0 Å². The van der Waals surface area contributed by atoms with Gasteiger partial charge in [0.2, 0.25) is 5.95 Å². The van der Waals surface area contributed by atoms with Crippen LogP contribution in [0.1, 0.15) is 40.8 Å². The van der Waals surface area contributed by atoms with Crippen LogP contribution in [0, 0.1) is 12.7 Å². The van der Waals surface area contributed by atoms with Crippen molar-refractivity contribution < 1.29 is 4.39 Å². The second kappa shape index (κ2) is 7.47. The molecule has 0 amide bonds. The summed E-state index contributed by atoms with van der Waals surface area (Å²) in [7, 11) is 0. The maximum Gasteiger partial charge on any atom is 0.227 e. The molecule has 2 aromatic carbocycles. The summed E-state index contributed by atoms with van der Waals surface area (Å²) in [5.41, 5.74) is 6.91. The van der Waals surface area contributed by atoms with Crippen LogP contribution in [0.5, 0.6) is 0 Å². The van der Waals surface area contributed by atoms with E-state index in [1.54, 1.807) is 12.1 Å². The lowest BCUT2D eigenvalue weighted by atomic mass is 9.96. The molecule has 1 N–H and O–H groups in total. The highest BCUT2D eigenvalue weighted by atomic mass is 19.1. The highest BCUT2D eigenvalue weighted by molar-refractivity contribution is 5.65. The normalized spacial score (nSPS) is 15.6. The number of aryl methyl sites for hydroxylation is 2. The van der Waals surface area contributed by atoms with E-state index in [9.17, 15) is 4.39 Å². The maximum atomic E-state index is 13.5. The van der Waals surface area contributed by atoms with Gasteiger partial charge in [0.05, 0.1) is 5.69 Å². The summed E-state index contributed by atoms with van der Waals surface area (Å²) < 4.78 is 13.5. The average molecular weight is 388 g/mol. The predicted octanol–water partition coefficient (Wildman–Crippen LogP) is 5.11. The fraction of sp³-hybridized carbons (Fsp3) is 0.333. The summed E-state index contributed by atoms with van der Waals surface area (Å²) in [6.45, 7) is 3.68. The van der Waals surface area contributed by atoms with E-state index in [4.69, 9.17) is 9.97 Å². The van der Waals surface area contributed by atoms with Gasteiger partial charge in [0.1, 0.15) is 11.6 Å². The Kier molecular flexibility index (Phi) is 4.66. The summed E-state index contributed by atoms with van der Waals surface area (Å²) in [4.78, 5) is 12.2. The van der Waals surface area contributed by atoms with Crippen molar-refractivity contribution in [1.29, 1.82) is 0 Å². The quantitative estimate of drug-likeness (QED) is 0.677. The van der Waals surface area contributed by atoms with Crippen LogP contribution in [0.25, 0.3) is 0 Å². The molecule has 148 valence electrons. The van der Waals surface area contributed by atoms with Crippen LogP contribution in [0.3, 0.4) is 0 Å². The van der Waals surface area contributed by atoms with Crippen LogP contribution < -0.4 is 10.2 Å². The summed E-state index contributed by atoms with van der Waals surface area (Å²) in [5, 5.41) is 3.48. The summed E-state index contributed by atoms with van der Waals surface area (Å²) in [5.74, 6) is 1.45. The lowest BCUT2D eigenvalue weighted by Gasteiger charge is -2.30. The van der Waals surface area contributed by atoms with Crippen LogP contribution in [-0.4, -0.2) is 16.5 Å². The standard InChI is InChI=1S/C24H25FN4/c1-16-14-19(25)10-11-21(16)26-23-20-8-4-5-9-22(20)27-24(28-23)29-13-12-17-6-2-3-7-18(17)15-29/h2-3,6-7,10-11,14H,4-5,8-9,12-13,15H2,1H3,(H,26,27,28). The summed E-state index contributed by atoms with van der Waals surface area (Å²) in [6.07, 6.45) is 5.31. The highest BCUT2D eigenvalue weighted by Gasteiger charge is 2.23. The van der Waals surface area contributed by atoms with Gasteiger partial charge in [-0.3, -0.25) is 0 Å². The SMILES string of the molecule is Cc1cc(F)ccc1Nc1nc(N2CCc3ccccc3C2)nc2c1CCCC2. The number of rotatable bonds is 3. The van der Waals surface area contributed by atoms with E-state index < -0.39 is 0 Å². The first-order valence-electron chi connectivity index (χ1n) is 10.4. The molecule has 1 aromatic heterocycles. The molecule has 2 heterocycles. The Morgan fingerprint density at radius 1 is 0.966 bits per heavy atom. The predicted molar refractivity (Wildman–Crippen MR) is 114 cm³/mol. The van der Waals surface area contributed by atoms with Crippen LogP contribution in [0.4, 0.5) is 21.8 Å². The first-order valence-corrected chi connectivity index (χ1v) is 10.4. The molecule has 5 heteroatoms. The van der Waals surface area contributed by atoms with Crippen molar-refractivity contribution in [2.45, 2.75) is 45.6 Å². The molecule has 2 aliphatic rings. The number of hydrogen-bond acceptors (Lipinski definition) is 4. The second-order valence-electron chi connectivity index (χ2n) is 8.03. The second-order valence-corrected chi connectivity index (χ2v) is 8.03. The number of aromatic nitrogens is 2. The minimum atomic E-state index is -0.217. The van der Waals surface area contributed by atoms with E-state index in [1.807, 2.05) is 6.92 Å². The molecule has 4 nitrogen and oxygen atoms in total. The Morgan fingerprint density at radius 3 is 2.66 bits per heavy atom. The van der Waals surface area contributed by atoms with Crippen molar-refractivity contribution in [2.75, 3.05) is 16.8 Å². The van der Waals surface area contributed by atoms with E-state index in [2.05, 4.69) is 34.5 Å². The molecule has 3 aromatic rings. The molecule has 0 spiro atoms. The number of fused-ring (bicyclic) bond motifs is 2. The Balaban J connectivity index is 1.51. The number of hydrogen-bond donors (Lipinski definition) is 1. The smallest absolute Gasteiger partial charge is 0.227 e. The van der Waals surface area contributed by atoms with Crippen LogP contribution in [-0.2, 0) is 25.8 Å². The molecule has 0 radical (unpaired) electrons. The number of nitrogens with zero attached hydrogens (tertiary/aromatic N) is 3. The highest BCUT2D eigenvalue weighted by Crippen LogP contribution is 2.32. The third kappa shape index (κ3) is 3.57. The van der Waals surface area contributed by atoms with Gasteiger partial charge < -0.3 is 10.2 Å². The third-order valence-corrected chi connectivity index (χ3v) is 6.03. The first kappa shape index (κ1) is 18.1. The lowest BCUT2D eigenvalue weighted by molar-refractivity contribution is 0.627. The molecule has 0 fully saturated rings. The van der Waals surface area contributed by atoms with Gasteiger partial charge in [0.25, 0.3) is 0 Å². The van der Waals surface area contributed by atoms with Crippen molar-refractivity contribution in [3.63, 3.8) is 0 Å². The first-order chi connectivity index (χ1) is 14.2. The number of nitrogens with one attached hydrogen (secondary N) is 1. The van der Waals surface area contributed by atoms with Crippen molar-refractivity contribution >= 4 is 17.5 Å². The average Bonchev–Trinajstić information content (AvgIpc) is 2.75. The minimum Gasteiger partial charge on any atom is -0.340 e. The molecular formula is C24H25FN4. The zero-order valence-corrected chi connectivity index (χ0v) is 16.7. The van der Waals surface area contributed by atoms with Crippen LogP contribution in [0.2, 0.25) is 0 Å². The monoisotopic (exact) mass is 388 g/mol. The fourth-order valence-electron chi connectivity index (χ4n) is 4.39. The zero-order chi connectivity index (χ0) is 19.8. The third-order valence-electron chi connectivity index (χ3n) is 6.03. The van der Waals surface area contributed by atoms with Gasteiger partial charge >= 0.3 is 0 Å². The van der Waals surface area contributed by atoms with Gasteiger partial charge in [0, 0.05) is 24.3 Å². The largest absolute Gasteiger partial charge is 0.340 e.